The fourth-order valence-corrected chi connectivity index (χ4v) is 2.29. The number of aldehydes is 1. The fraction of sp³-hybridized carbons (Fsp3) is 0.235. The van der Waals surface area contributed by atoms with Crippen molar-refractivity contribution in [3.05, 3.63) is 59.2 Å². The molecule has 0 unspecified atom stereocenters. The Bertz CT molecular complexity index is 642. The van der Waals surface area contributed by atoms with E-state index in [9.17, 15) is 18.0 Å². The number of rotatable bonds is 3. The first-order valence-corrected chi connectivity index (χ1v) is 6.56. The van der Waals surface area contributed by atoms with E-state index >= 15 is 0 Å². The van der Waals surface area contributed by atoms with Gasteiger partial charge in [0.05, 0.1) is 5.56 Å². The van der Waals surface area contributed by atoms with Gasteiger partial charge in [-0.1, -0.05) is 37.3 Å². The molecule has 0 fully saturated rings. The second kappa shape index (κ2) is 5.72. The highest BCUT2D eigenvalue weighted by atomic mass is 19.4. The van der Waals surface area contributed by atoms with Crippen LogP contribution in [0.1, 0.15) is 29.5 Å². The third-order valence-corrected chi connectivity index (χ3v) is 3.51. The molecule has 110 valence electrons. The second-order valence-electron chi connectivity index (χ2n) is 5.07. The van der Waals surface area contributed by atoms with Crippen molar-refractivity contribution in [3.63, 3.8) is 0 Å². The van der Waals surface area contributed by atoms with Crippen LogP contribution in [0.25, 0.3) is 11.1 Å². The van der Waals surface area contributed by atoms with Crippen molar-refractivity contribution in [2.45, 2.75) is 25.9 Å². The van der Waals surface area contributed by atoms with Crippen LogP contribution < -0.4 is 0 Å². The Kier molecular flexibility index (Phi) is 4.16. The van der Waals surface area contributed by atoms with E-state index in [1.807, 2.05) is 32.0 Å². The average Bonchev–Trinajstić information content (AvgIpc) is 2.45. The van der Waals surface area contributed by atoms with Crippen molar-refractivity contribution in [3.8, 4) is 11.1 Å². The van der Waals surface area contributed by atoms with Crippen LogP contribution in [0, 0.1) is 6.92 Å². The number of carbonyl (C=O) groups is 1. The summed E-state index contributed by atoms with van der Waals surface area (Å²) in [6.45, 7) is 3.70. The predicted octanol–water partition coefficient (Wildman–Crippen LogP) is 4.98. The molecule has 1 nitrogen and oxygen atoms in total. The summed E-state index contributed by atoms with van der Waals surface area (Å²) in [6, 6.07) is 10.6. The molecule has 0 aliphatic rings. The predicted molar refractivity (Wildman–Crippen MR) is 76.1 cm³/mol. The first-order chi connectivity index (χ1) is 9.82. The Morgan fingerprint density at radius 2 is 1.57 bits per heavy atom. The minimum Gasteiger partial charge on any atom is -0.303 e. The van der Waals surface area contributed by atoms with Gasteiger partial charge in [-0.3, -0.25) is 0 Å². The number of hydrogen-bond donors (Lipinski definition) is 0. The maximum atomic E-state index is 12.5. The third kappa shape index (κ3) is 3.32. The van der Waals surface area contributed by atoms with Gasteiger partial charge >= 0.3 is 6.18 Å². The molecule has 0 bridgehead atoms. The molecule has 0 aliphatic heterocycles. The Morgan fingerprint density at radius 3 is 2.05 bits per heavy atom. The molecule has 0 radical (unpaired) electrons. The minimum atomic E-state index is -4.32. The minimum absolute atomic E-state index is 0.188. The van der Waals surface area contributed by atoms with Gasteiger partial charge in [-0.05, 0) is 41.3 Å². The van der Waals surface area contributed by atoms with Crippen molar-refractivity contribution >= 4 is 6.29 Å². The molecular weight excluding hydrogens is 277 g/mol. The standard InChI is InChI=1S/C17H15F3O/c1-11-9-14(5-8-16(11)12(2)10-21)13-3-6-15(7-4-13)17(18,19)20/h3-10,12H,1-2H3/t12-/m1/s1. The lowest BCUT2D eigenvalue weighted by atomic mass is 9.93. The van der Waals surface area contributed by atoms with E-state index in [1.165, 1.54) is 12.1 Å². The smallest absolute Gasteiger partial charge is 0.303 e. The third-order valence-electron chi connectivity index (χ3n) is 3.51. The monoisotopic (exact) mass is 292 g/mol. The number of alkyl halides is 3. The molecule has 2 aromatic rings. The average molecular weight is 292 g/mol. The Hall–Kier alpha value is -2.10. The van der Waals surface area contributed by atoms with Crippen molar-refractivity contribution < 1.29 is 18.0 Å². The normalized spacial score (nSPS) is 13.0. The van der Waals surface area contributed by atoms with Gasteiger partial charge in [0.15, 0.2) is 0 Å². The Labute approximate surface area is 121 Å². The van der Waals surface area contributed by atoms with E-state index in [-0.39, 0.29) is 5.92 Å². The molecule has 0 amide bonds. The molecule has 2 rings (SSSR count). The van der Waals surface area contributed by atoms with Gasteiger partial charge in [0.1, 0.15) is 6.29 Å². The largest absolute Gasteiger partial charge is 0.416 e. The lowest BCUT2D eigenvalue weighted by Gasteiger charge is -2.12. The SMILES string of the molecule is Cc1cc(-c2ccc(C(F)(F)F)cc2)ccc1[C@H](C)C=O. The zero-order chi connectivity index (χ0) is 15.6. The quantitative estimate of drug-likeness (QED) is 0.729. The van der Waals surface area contributed by atoms with Crippen LogP contribution in [0.15, 0.2) is 42.5 Å². The van der Waals surface area contributed by atoms with E-state index in [1.54, 1.807) is 0 Å². The number of aryl methyl sites for hydroxylation is 1. The maximum Gasteiger partial charge on any atom is 0.416 e. The first kappa shape index (κ1) is 15.3. The molecule has 0 aromatic heterocycles. The van der Waals surface area contributed by atoms with Crippen molar-refractivity contribution in [2.75, 3.05) is 0 Å². The summed E-state index contributed by atoms with van der Waals surface area (Å²) in [6.07, 6.45) is -3.45. The van der Waals surface area contributed by atoms with Gasteiger partial charge in [-0.25, -0.2) is 0 Å². The van der Waals surface area contributed by atoms with Crippen molar-refractivity contribution in [2.24, 2.45) is 0 Å². The van der Waals surface area contributed by atoms with E-state index < -0.39 is 11.7 Å². The number of carbonyl (C=O) groups excluding carboxylic acids is 1. The number of hydrogen-bond acceptors (Lipinski definition) is 1. The fourth-order valence-electron chi connectivity index (χ4n) is 2.29. The van der Waals surface area contributed by atoms with Gasteiger partial charge in [-0.2, -0.15) is 13.2 Å². The highest BCUT2D eigenvalue weighted by molar-refractivity contribution is 5.68. The van der Waals surface area contributed by atoms with Crippen LogP contribution in [-0.4, -0.2) is 6.29 Å². The number of benzene rings is 2. The summed E-state index contributed by atoms with van der Waals surface area (Å²) in [5, 5.41) is 0. The molecule has 0 N–H and O–H groups in total. The molecule has 4 heteroatoms. The molecule has 21 heavy (non-hydrogen) atoms. The summed E-state index contributed by atoms with van der Waals surface area (Å²) in [7, 11) is 0. The molecule has 0 saturated carbocycles. The van der Waals surface area contributed by atoms with Gasteiger partial charge in [0, 0.05) is 5.92 Å². The molecule has 0 aliphatic carbocycles. The summed E-state index contributed by atoms with van der Waals surface area (Å²) in [4.78, 5) is 10.8. The topological polar surface area (TPSA) is 17.1 Å². The highest BCUT2D eigenvalue weighted by Gasteiger charge is 2.29. The van der Waals surface area contributed by atoms with Crippen LogP contribution in [0.5, 0.6) is 0 Å². The second-order valence-corrected chi connectivity index (χ2v) is 5.07. The zero-order valence-corrected chi connectivity index (χ0v) is 11.7. The lowest BCUT2D eigenvalue weighted by Crippen LogP contribution is -2.04. The van der Waals surface area contributed by atoms with E-state index in [0.717, 1.165) is 40.7 Å². The van der Waals surface area contributed by atoms with Crippen LogP contribution in [0.2, 0.25) is 0 Å². The van der Waals surface area contributed by atoms with Crippen LogP contribution in [-0.2, 0) is 11.0 Å². The number of halogens is 3. The molecule has 1 atom stereocenters. The lowest BCUT2D eigenvalue weighted by molar-refractivity contribution is -0.137. The van der Waals surface area contributed by atoms with Crippen LogP contribution in [0.4, 0.5) is 13.2 Å². The van der Waals surface area contributed by atoms with Gasteiger partial charge < -0.3 is 4.79 Å². The van der Waals surface area contributed by atoms with Gasteiger partial charge in [-0.15, -0.1) is 0 Å². The summed E-state index contributed by atoms with van der Waals surface area (Å²) in [5.74, 6) is -0.188. The summed E-state index contributed by atoms with van der Waals surface area (Å²) >= 11 is 0. The Balaban J connectivity index is 2.35. The first-order valence-electron chi connectivity index (χ1n) is 6.56. The summed E-state index contributed by atoms with van der Waals surface area (Å²) < 4.78 is 37.6. The molecule has 0 heterocycles. The van der Waals surface area contributed by atoms with Gasteiger partial charge in [0.25, 0.3) is 0 Å². The van der Waals surface area contributed by atoms with E-state index in [0.29, 0.717) is 0 Å². The van der Waals surface area contributed by atoms with Crippen molar-refractivity contribution in [1.29, 1.82) is 0 Å². The molecular formula is C17H15F3O. The zero-order valence-electron chi connectivity index (χ0n) is 11.7. The molecule has 2 aromatic carbocycles. The molecule has 0 saturated heterocycles. The maximum absolute atomic E-state index is 12.5. The van der Waals surface area contributed by atoms with Crippen LogP contribution >= 0.6 is 0 Å². The van der Waals surface area contributed by atoms with Crippen molar-refractivity contribution in [1.82, 2.24) is 0 Å². The summed E-state index contributed by atoms with van der Waals surface area (Å²) in [5.41, 5.74) is 2.78. The molecule has 0 spiro atoms. The van der Waals surface area contributed by atoms with Crippen LogP contribution in [0.3, 0.4) is 0 Å². The van der Waals surface area contributed by atoms with Gasteiger partial charge in [0.2, 0.25) is 0 Å². The highest BCUT2D eigenvalue weighted by Crippen LogP contribution is 2.31. The van der Waals surface area contributed by atoms with E-state index in [2.05, 4.69) is 0 Å². The van der Waals surface area contributed by atoms with E-state index in [4.69, 9.17) is 0 Å². The Morgan fingerprint density at radius 1 is 1.00 bits per heavy atom.